The Morgan fingerprint density at radius 1 is 0.571 bits per heavy atom. The highest BCUT2D eigenvalue weighted by Gasteiger charge is 2.31. The molecular weight excluding hydrogens is 440 g/mol. The van der Waals surface area contributed by atoms with Gasteiger partial charge in [0, 0.05) is 5.39 Å². The summed E-state index contributed by atoms with van der Waals surface area (Å²) in [5.41, 5.74) is 0.789. The molecule has 2 saturated carbocycles. The molecule has 0 saturated heterocycles. The molecule has 0 spiro atoms. The zero-order valence-corrected chi connectivity index (χ0v) is 21.8. The van der Waals surface area contributed by atoms with Gasteiger partial charge in [0.25, 0.3) is 0 Å². The third-order valence-corrected chi connectivity index (χ3v) is 11.9. The van der Waals surface area contributed by atoms with Crippen molar-refractivity contribution in [1.29, 1.82) is 0 Å². The Hall–Kier alpha value is -2.58. The van der Waals surface area contributed by atoms with E-state index in [2.05, 4.69) is 78.9 Å². The third kappa shape index (κ3) is 4.78. The van der Waals surface area contributed by atoms with E-state index >= 15 is 0 Å². The van der Waals surface area contributed by atoms with Gasteiger partial charge in [-0.3, -0.25) is 0 Å². The van der Waals surface area contributed by atoms with Crippen LogP contribution >= 0.6 is 0 Å². The fourth-order valence-corrected chi connectivity index (χ4v) is 10.4. The van der Waals surface area contributed by atoms with Crippen molar-refractivity contribution < 1.29 is 4.74 Å². The zero-order valence-electron chi connectivity index (χ0n) is 20.8. The summed E-state index contributed by atoms with van der Waals surface area (Å²) in [7, 11) is -0.957. The Labute approximate surface area is 212 Å². The fourth-order valence-electron chi connectivity index (χ4n) is 6.63. The van der Waals surface area contributed by atoms with Crippen LogP contribution in [0.25, 0.3) is 21.5 Å². The molecule has 179 valence electrons. The fraction of sp³-hybridized carbons (Fsp3) is 0.394. The van der Waals surface area contributed by atoms with Gasteiger partial charge < -0.3 is 4.74 Å². The van der Waals surface area contributed by atoms with E-state index in [4.69, 9.17) is 4.74 Å². The summed E-state index contributed by atoms with van der Waals surface area (Å²) in [5, 5.41) is 8.73. The van der Waals surface area contributed by atoms with Crippen LogP contribution in [0.5, 0.6) is 5.75 Å². The van der Waals surface area contributed by atoms with Crippen molar-refractivity contribution >= 4 is 40.7 Å². The predicted molar refractivity (Wildman–Crippen MR) is 152 cm³/mol. The highest BCUT2D eigenvalue weighted by molar-refractivity contribution is 6.89. The maximum atomic E-state index is 6.53. The Bertz CT molecular complexity index is 1280. The van der Waals surface area contributed by atoms with Crippen molar-refractivity contribution in [3.05, 3.63) is 78.9 Å². The maximum Gasteiger partial charge on any atom is 0.127 e. The molecule has 2 heteroatoms. The summed E-state index contributed by atoms with van der Waals surface area (Å²) in [5.74, 6) is 1.80. The Morgan fingerprint density at radius 2 is 1.20 bits per heavy atom. The molecule has 0 atom stereocenters. The summed E-state index contributed by atoms with van der Waals surface area (Å²) >= 11 is 0. The van der Waals surface area contributed by atoms with E-state index in [0.29, 0.717) is 0 Å². The van der Waals surface area contributed by atoms with Crippen LogP contribution < -0.4 is 15.1 Å². The lowest BCUT2D eigenvalue weighted by Crippen LogP contribution is -2.47. The van der Waals surface area contributed by atoms with Crippen LogP contribution in [-0.4, -0.2) is 15.4 Å². The van der Waals surface area contributed by atoms with E-state index in [9.17, 15) is 0 Å². The van der Waals surface area contributed by atoms with E-state index in [-0.39, 0.29) is 0 Å². The second-order valence-electron chi connectivity index (χ2n) is 10.7. The standard InChI is InChI=1S/C33H37OSi/c1-3-12-25(13-4-1)24-34-31-22-23-33(30-20-10-9-19-29(30)31)35(27-16-5-2-6-17-27)32-21-11-15-26-14-7-8-18-28(26)32/h7-11,14-15,18-23,25,27H,1-6,12-13,16-17,24H2. The molecule has 0 bridgehead atoms. The van der Waals surface area contributed by atoms with Gasteiger partial charge in [-0.05, 0) is 56.9 Å². The van der Waals surface area contributed by atoms with Crippen molar-refractivity contribution in [2.75, 3.05) is 6.61 Å². The van der Waals surface area contributed by atoms with Gasteiger partial charge in [0.2, 0.25) is 0 Å². The summed E-state index contributed by atoms with van der Waals surface area (Å²) < 4.78 is 6.53. The van der Waals surface area contributed by atoms with Crippen molar-refractivity contribution in [3.8, 4) is 5.75 Å². The predicted octanol–water partition coefficient (Wildman–Crippen LogP) is 7.90. The van der Waals surface area contributed by atoms with Crippen molar-refractivity contribution in [1.82, 2.24) is 0 Å². The Morgan fingerprint density at radius 3 is 2.00 bits per heavy atom. The van der Waals surface area contributed by atoms with Crippen molar-refractivity contribution in [2.45, 2.75) is 69.7 Å². The molecule has 1 nitrogen and oxygen atoms in total. The van der Waals surface area contributed by atoms with Crippen LogP contribution in [0.4, 0.5) is 0 Å². The minimum Gasteiger partial charge on any atom is -0.493 e. The summed E-state index contributed by atoms with van der Waals surface area (Å²) in [6, 6.07) is 29.8. The first-order chi connectivity index (χ1) is 17.4. The van der Waals surface area contributed by atoms with Gasteiger partial charge in [-0.25, -0.2) is 0 Å². The topological polar surface area (TPSA) is 9.23 Å². The molecule has 0 unspecified atom stereocenters. The highest BCUT2D eigenvalue weighted by Crippen LogP contribution is 2.34. The second kappa shape index (κ2) is 10.6. The summed E-state index contributed by atoms with van der Waals surface area (Å²) in [4.78, 5) is 0. The molecule has 6 rings (SSSR count). The van der Waals surface area contributed by atoms with E-state index in [1.165, 1.54) is 85.8 Å². The molecule has 35 heavy (non-hydrogen) atoms. The minimum absolute atomic E-state index is 0.722. The van der Waals surface area contributed by atoms with Gasteiger partial charge in [0.1, 0.15) is 14.5 Å². The van der Waals surface area contributed by atoms with Gasteiger partial charge in [0.05, 0.1) is 6.61 Å². The first kappa shape index (κ1) is 22.9. The van der Waals surface area contributed by atoms with Gasteiger partial charge >= 0.3 is 0 Å². The number of fused-ring (bicyclic) bond motifs is 2. The number of hydrogen-bond donors (Lipinski definition) is 0. The number of ether oxygens (including phenoxy) is 1. The molecule has 0 amide bonds. The lowest BCUT2D eigenvalue weighted by molar-refractivity contribution is 0.210. The smallest absolute Gasteiger partial charge is 0.127 e. The lowest BCUT2D eigenvalue weighted by atomic mass is 9.90. The van der Waals surface area contributed by atoms with Crippen LogP contribution in [0.3, 0.4) is 0 Å². The number of hydrogen-bond acceptors (Lipinski definition) is 1. The lowest BCUT2D eigenvalue weighted by Gasteiger charge is -2.31. The molecule has 0 heterocycles. The van der Waals surface area contributed by atoms with Crippen LogP contribution in [0.1, 0.15) is 64.2 Å². The molecule has 0 aliphatic heterocycles. The molecule has 2 aliphatic carbocycles. The van der Waals surface area contributed by atoms with Crippen LogP contribution in [0.15, 0.2) is 78.9 Å². The minimum atomic E-state index is -0.957. The Kier molecular flexibility index (Phi) is 6.91. The van der Waals surface area contributed by atoms with Gasteiger partial charge in [0.15, 0.2) is 0 Å². The summed E-state index contributed by atoms with van der Waals surface area (Å²) in [6.07, 6.45) is 13.7. The highest BCUT2D eigenvalue weighted by atomic mass is 28.3. The van der Waals surface area contributed by atoms with E-state index in [0.717, 1.165) is 23.8 Å². The quantitative estimate of drug-likeness (QED) is 0.257. The van der Waals surface area contributed by atoms with E-state index in [1.54, 1.807) is 10.4 Å². The molecular formula is C33H37OSi. The van der Waals surface area contributed by atoms with Crippen LogP contribution in [0.2, 0.25) is 5.54 Å². The largest absolute Gasteiger partial charge is 0.493 e. The van der Waals surface area contributed by atoms with Crippen molar-refractivity contribution in [2.24, 2.45) is 5.92 Å². The van der Waals surface area contributed by atoms with Crippen LogP contribution in [0, 0.1) is 5.92 Å². The number of rotatable bonds is 6. The SMILES string of the molecule is c1ccc2c([Si](c3ccc(OCC4CCCCC4)c4ccccc34)C3CCCCC3)cccc2c1. The molecule has 1 radical (unpaired) electrons. The molecule has 0 N–H and O–H groups in total. The molecule has 2 aliphatic rings. The summed E-state index contributed by atoms with van der Waals surface area (Å²) in [6.45, 7) is 0.868. The van der Waals surface area contributed by atoms with E-state index in [1.807, 2.05) is 0 Å². The van der Waals surface area contributed by atoms with Crippen molar-refractivity contribution in [3.63, 3.8) is 0 Å². The monoisotopic (exact) mass is 477 g/mol. The molecule has 4 aromatic rings. The number of benzene rings is 4. The average Bonchev–Trinajstić information content (AvgIpc) is 2.94. The molecule has 4 aromatic carbocycles. The maximum absolute atomic E-state index is 6.53. The second-order valence-corrected chi connectivity index (χ2v) is 13.5. The Balaban J connectivity index is 1.44. The first-order valence-electron chi connectivity index (χ1n) is 13.9. The van der Waals surface area contributed by atoms with Crippen LogP contribution in [-0.2, 0) is 0 Å². The molecule has 0 aromatic heterocycles. The normalized spacial score (nSPS) is 17.9. The van der Waals surface area contributed by atoms with Gasteiger partial charge in [-0.2, -0.15) is 0 Å². The first-order valence-corrected chi connectivity index (χ1v) is 15.5. The van der Waals surface area contributed by atoms with E-state index < -0.39 is 8.80 Å². The van der Waals surface area contributed by atoms with Gasteiger partial charge in [-0.1, -0.05) is 124 Å². The van der Waals surface area contributed by atoms with Gasteiger partial charge in [-0.15, -0.1) is 0 Å². The average molecular weight is 478 g/mol. The third-order valence-electron chi connectivity index (χ3n) is 8.47. The molecule has 2 fully saturated rings. The zero-order chi connectivity index (χ0) is 23.5.